The van der Waals surface area contributed by atoms with Gasteiger partial charge in [-0.05, 0) is 17.7 Å². The Bertz CT molecular complexity index is 1090. The third-order valence-corrected chi connectivity index (χ3v) is 4.81. The lowest BCUT2D eigenvalue weighted by molar-refractivity contribution is -0.116. The van der Waals surface area contributed by atoms with Crippen LogP contribution in [0.5, 0.6) is 11.5 Å². The number of hydrogen-bond donors (Lipinski definition) is 2. The molecule has 1 aromatic heterocycles. The van der Waals surface area contributed by atoms with Gasteiger partial charge in [0.05, 0.1) is 19.8 Å². The number of carbonyl (C=O) groups excluding carboxylic acids is 1. The number of hydrogen-bond acceptors (Lipinski definition) is 5. The van der Waals surface area contributed by atoms with Gasteiger partial charge in [-0.3, -0.25) is 9.59 Å². The molecule has 0 spiro atoms. The van der Waals surface area contributed by atoms with Crippen LogP contribution in [0.25, 0.3) is 11.4 Å². The van der Waals surface area contributed by atoms with Crippen molar-refractivity contribution in [1.29, 1.82) is 0 Å². The highest BCUT2D eigenvalue weighted by molar-refractivity contribution is 5.94. The van der Waals surface area contributed by atoms with Crippen LogP contribution < -0.4 is 20.3 Å². The number of anilines is 1. The molecule has 1 atom stereocenters. The van der Waals surface area contributed by atoms with E-state index in [9.17, 15) is 9.59 Å². The summed E-state index contributed by atoms with van der Waals surface area (Å²) < 4.78 is 10.6. The first-order valence-corrected chi connectivity index (χ1v) is 8.82. The molecule has 1 aliphatic rings. The van der Waals surface area contributed by atoms with Gasteiger partial charge < -0.3 is 19.8 Å². The zero-order chi connectivity index (χ0) is 19.7. The van der Waals surface area contributed by atoms with E-state index >= 15 is 0 Å². The normalized spacial score (nSPS) is 15.5. The summed E-state index contributed by atoms with van der Waals surface area (Å²) in [5, 5.41) is 2.74. The first-order chi connectivity index (χ1) is 13.6. The van der Waals surface area contributed by atoms with Crippen molar-refractivity contribution in [3.05, 3.63) is 70.0 Å². The first-order valence-electron chi connectivity index (χ1n) is 8.82. The van der Waals surface area contributed by atoms with Gasteiger partial charge in [0.2, 0.25) is 5.91 Å². The molecule has 0 saturated carbocycles. The van der Waals surface area contributed by atoms with E-state index in [1.807, 2.05) is 36.4 Å². The number of nitrogens with zero attached hydrogens (tertiary/aromatic N) is 1. The number of aromatic amines is 1. The van der Waals surface area contributed by atoms with Crippen molar-refractivity contribution in [3.8, 4) is 22.9 Å². The molecule has 0 bridgehead atoms. The third-order valence-electron chi connectivity index (χ3n) is 4.81. The second kappa shape index (κ2) is 7.19. The fraction of sp³-hybridized carbons (Fsp3) is 0.190. The Kier molecular flexibility index (Phi) is 4.57. The number of nitrogens with one attached hydrogen (secondary N) is 2. The van der Waals surface area contributed by atoms with Gasteiger partial charge in [-0.15, -0.1) is 0 Å². The van der Waals surface area contributed by atoms with Crippen LogP contribution in [-0.4, -0.2) is 30.1 Å². The van der Waals surface area contributed by atoms with Gasteiger partial charge in [0, 0.05) is 17.9 Å². The number of amides is 1. The molecule has 0 unspecified atom stereocenters. The fourth-order valence-electron chi connectivity index (χ4n) is 3.46. The smallest absolute Gasteiger partial charge is 0.257 e. The second-order valence-electron chi connectivity index (χ2n) is 6.46. The lowest BCUT2D eigenvalue weighted by Gasteiger charge is -2.25. The highest BCUT2D eigenvalue weighted by Crippen LogP contribution is 2.38. The highest BCUT2D eigenvalue weighted by Gasteiger charge is 2.31. The Labute approximate surface area is 161 Å². The number of ether oxygens (including phenoxy) is 2. The Hall–Kier alpha value is -3.61. The van der Waals surface area contributed by atoms with E-state index in [1.54, 1.807) is 26.4 Å². The zero-order valence-electron chi connectivity index (χ0n) is 15.5. The van der Waals surface area contributed by atoms with Gasteiger partial charge >= 0.3 is 0 Å². The molecule has 0 fully saturated rings. The molecule has 3 aromatic rings. The maximum atomic E-state index is 12.9. The quantitative estimate of drug-likeness (QED) is 0.729. The Morgan fingerprint density at radius 3 is 2.46 bits per heavy atom. The molecule has 0 saturated heterocycles. The van der Waals surface area contributed by atoms with Gasteiger partial charge in [-0.1, -0.05) is 36.4 Å². The minimum atomic E-state index is -0.426. The molecule has 4 rings (SSSR count). The van der Waals surface area contributed by atoms with E-state index in [-0.39, 0.29) is 17.9 Å². The van der Waals surface area contributed by atoms with Gasteiger partial charge in [0.1, 0.15) is 11.6 Å². The zero-order valence-corrected chi connectivity index (χ0v) is 15.5. The Morgan fingerprint density at radius 1 is 1.00 bits per heavy atom. The van der Waals surface area contributed by atoms with Gasteiger partial charge in [0.15, 0.2) is 11.5 Å². The topological polar surface area (TPSA) is 93.3 Å². The van der Waals surface area contributed by atoms with Crippen molar-refractivity contribution in [2.45, 2.75) is 12.3 Å². The van der Waals surface area contributed by atoms with Crippen LogP contribution in [0.1, 0.15) is 23.5 Å². The average Bonchev–Trinajstić information content (AvgIpc) is 2.72. The summed E-state index contributed by atoms with van der Waals surface area (Å²) in [5.41, 5.74) is 1.72. The number of aromatic nitrogens is 2. The van der Waals surface area contributed by atoms with E-state index in [4.69, 9.17) is 9.47 Å². The molecule has 2 aromatic carbocycles. The number of benzene rings is 2. The number of carbonyl (C=O) groups is 1. The van der Waals surface area contributed by atoms with Crippen LogP contribution in [-0.2, 0) is 4.79 Å². The van der Waals surface area contributed by atoms with Crippen LogP contribution in [0.4, 0.5) is 5.82 Å². The van der Waals surface area contributed by atoms with E-state index in [1.165, 1.54) is 0 Å². The molecule has 1 aliphatic heterocycles. The van der Waals surface area contributed by atoms with Crippen molar-refractivity contribution in [2.24, 2.45) is 0 Å². The molecular formula is C21H19N3O4. The molecular weight excluding hydrogens is 358 g/mol. The van der Waals surface area contributed by atoms with E-state index in [0.29, 0.717) is 28.7 Å². The standard InChI is InChI=1S/C21H19N3O4/c1-27-15-9-8-13(10-16(15)28-2)14-11-17(25)22-20-18(14)21(26)24-19(23-20)12-6-4-3-5-7-12/h3-10,14H,11H2,1-2H3,(H2,22,23,24,25,26)/t14-/m0/s1. The van der Waals surface area contributed by atoms with Gasteiger partial charge in [-0.25, -0.2) is 4.98 Å². The summed E-state index contributed by atoms with van der Waals surface area (Å²) in [7, 11) is 3.10. The molecule has 1 amide bonds. The van der Waals surface area contributed by atoms with Crippen molar-refractivity contribution < 1.29 is 14.3 Å². The average molecular weight is 377 g/mol. The van der Waals surface area contributed by atoms with Crippen LogP contribution in [0.15, 0.2) is 53.3 Å². The SMILES string of the molecule is COc1ccc([C@@H]2CC(=O)Nc3nc(-c4ccccc4)[nH]c(=O)c32)cc1OC. The molecule has 2 N–H and O–H groups in total. The maximum absolute atomic E-state index is 12.9. The number of H-pyrrole nitrogens is 1. The van der Waals surface area contributed by atoms with Crippen LogP contribution in [0, 0.1) is 0 Å². The number of rotatable bonds is 4. The lowest BCUT2D eigenvalue weighted by Crippen LogP contribution is -2.31. The number of fused-ring (bicyclic) bond motifs is 1. The molecule has 2 heterocycles. The second-order valence-corrected chi connectivity index (χ2v) is 6.46. The monoisotopic (exact) mass is 377 g/mol. The van der Waals surface area contributed by atoms with Crippen LogP contribution in [0.3, 0.4) is 0 Å². The summed E-state index contributed by atoms with van der Waals surface area (Å²) in [6, 6.07) is 14.7. The van der Waals surface area contributed by atoms with E-state index in [0.717, 1.165) is 11.1 Å². The van der Waals surface area contributed by atoms with E-state index in [2.05, 4.69) is 15.3 Å². The molecule has 142 valence electrons. The molecule has 0 radical (unpaired) electrons. The van der Waals surface area contributed by atoms with Crippen molar-refractivity contribution in [1.82, 2.24) is 9.97 Å². The Balaban J connectivity index is 1.84. The summed E-state index contributed by atoms with van der Waals surface area (Å²) in [6.07, 6.45) is 0.151. The summed E-state index contributed by atoms with van der Waals surface area (Å²) >= 11 is 0. The molecule has 7 nitrogen and oxygen atoms in total. The summed E-state index contributed by atoms with van der Waals surface area (Å²) in [4.78, 5) is 32.6. The summed E-state index contributed by atoms with van der Waals surface area (Å²) in [6.45, 7) is 0. The highest BCUT2D eigenvalue weighted by atomic mass is 16.5. The Morgan fingerprint density at radius 2 is 1.75 bits per heavy atom. The predicted octanol–water partition coefficient (Wildman–Crippen LogP) is 2.93. The van der Waals surface area contributed by atoms with Gasteiger partial charge in [-0.2, -0.15) is 0 Å². The van der Waals surface area contributed by atoms with Crippen molar-refractivity contribution >= 4 is 11.7 Å². The lowest BCUT2D eigenvalue weighted by atomic mass is 9.86. The first kappa shape index (κ1) is 17.8. The molecule has 7 heteroatoms. The minimum absolute atomic E-state index is 0.151. The van der Waals surface area contributed by atoms with Gasteiger partial charge in [0.25, 0.3) is 5.56 Å². The minimum Gasteiger partial charge on any atom is -0.493 e. The largest absolute Gasteiger partial charge is 0.493 e. The predicted molar refractivity (Wildman–Crippen MR) is 105 cm³/mol. The summed E-state index contributed by atoms with van der Waals surface area (Å²) in [5.74, 6) is 1.21. The van der Waals surface area contributed by atoms with Crippen LogP contribution in [0.2, 0.25) is 0 Å². The van der Waals surface area contributed by atoms with Crippen molar-refractivity contribution in [3.63, 3.8) is 0 Å². The molecule has 28 heavy (non-hydrogen) atoms. The fourth-order valence-corrected chi connectivity index (χ4v) is 3.46. The van der Waals surface area contributed by atoms with Crippen LogP contribution >= 0.6 is 0 Å². The number of methoxy groups -OCH3 is 2. The molecule has 0 aliphatic carbocycles. The third kappa shape index (κ3) is 3.11. The van der Waals surface area contributed by atoms with Crippen molar-refractivity contribution in [2.75, 3.05) is 19.5 Å². The van der Waals surface area contributed by atoms with E-state index < -0.39 is 5.92 Å². The maximum Gasteiger partial charge on any atom is 0.257 e.